The quantitative estimate of drug-likeness (QED) is 0.776. The van der Waals surface area contributed by atoms with Crippen LogP contribution in [0.2, 0.25) is 5.02 Å². The van der Waals surface area contributed by atoms with Crippen molar-refractivity contribution in [2.75, 3.05) is 0 Å². The molecule has 0 heterocycles. The maximum atomic E-state index is 12.8. The van der Waals surface area contributed by atoms with Gasteiger partial charge >= 0.3 is 0 Å². The van der Waals surface area contributed by atoms with Crippen molar-refractivity contribution < 1.29 is 9.18 Å². The third-order valence-corrected chi connectivity index (χ3v) is 4.76. The van der Waals surface area contributed by atoms with Gasteiger partial charge in [0.2, 0.25) is 5.91 Å². The van der Waals surface area contributed by atoms with Crippen LogP contribution < -0.4 is 5.32 Å². The number of hydrogen-bond donors (Lipinski definition) is 1. The van der Waals surface area contributed by atoms with E-state index in [0.29, 0.717) is 11.6 Å². The molecule has 0 aliphatic heterocycles. The molecule has 2 nitrogen and oxygen atoms in total. The second-order valence-corrected chi connectivity index (χ2v) is 6.53. The summed E-state index contributed by atoms with van der Waals surface area (Å²) in [6.45, 7) is 2.38. The third kappa shape index (κ3) is 5.04. The van der Waals surface area contributed by atoms with Gasteiger partial charge < -0.3 is 5.32 Å². The molecule has 0 aromatic heterocycles. The first kappa shape index (κ1) is 16.8. The minimum absolute atomic E-state index is 0.0215. The Kier molecular flexibility index (Phi) is 6.28. The van der Waals surface area contributed by atoms with Crippen LogP contribution in [0.1, 0.15) is 18.9 Å². The summed E-state index contributed by atoms with van der Waals surface area (Å²) >= 11 is 7.37. The molecule has 1 unspecified atom stereocenters. The van der Waals surface area contributed by atoms with Gasteiger partial charge in [0.05, 0.1) is 5.25 Å². The van der Waals surface area contributed by atoms with Crippen molar-refractivity contribution in [3.05, 3.63) is 64.9 Å². The fourth-order valence-electron chi connectivity index (χ4n) is 1.90. The maximum Gasteiger partial charge on any atom is 0.233 e. The molecule has 116 valence electrons. The molecule has 22 heavy (non-hydrogen) atoms. The molecule has 0 saturated carbocycles. The van der Waals surface area contributed by atoms with E-state index in [0.717, 1.165) is 16.9 Å². The fourth-order valence-corrected chi connectivity index (χ4v) is 3.01. The molecule has 0 spiro atoms. The van der Waals surface area contributed by atoms with E-state index >= 15 is 0 Å². The van der Waals surface area contributed by atoms with Crippen LogP contribution in [0.4, 0.5) is 4.39 Å². The molecule has 1 amide bonds. The van der Waals surface area contributed by atoms with Crippen molar-refractivity contribution >= 4 is 29.3 Å². The molecule has 0 aliphatic carbocycles. The number of carbonyl (C=O) groups is 1. The van der Waals surface area contributed by atoms with Gasteiger partial charge in [-0.2, -0.15) is 0 Å². The van der Waals surface area contributed by atoms with E-state index in [2.05, 4.69) is 5.32 Å². The predicted molar refractivity (Wildman–Crippen MR) is 89.6 cm³/mol. The molecule has 1 N–H and O–H groups in total. The number of amides is 1. The lowest BCUT2D eigenvalue weighted by Crippen LogP contribution is -2.31. The zero-order valence-corrected chi connectivity index (χ0v) is 13.8. The van der Waals surface area contributed by atoms with Gasteiger partial charge in [-0.1, -0.05) is 30.7 Å². The molecular weight excluding hydrogens is 321 g/mol. The first-order chi connectivity index (χ1) is 10.6. The van der Waals surface area contributed by atoms with Crippen LogP contribution >= 0.6 is 23.4 Å². The summed E-state index contributed by atoms with van der Waals surface area (Å²) in [6, 6.07) is 13.6. The van der Waals surface area contributed by atoms with Crippen LogP contribution in [0.25, 0.3) is 0 Å². The molecule has 0 saturated heterocycles. The number of thioether (sulfide) groups is 1. The lowest BCUT2D eigenvalue weighted by molar-refractivity contribution is -0.120. The second-order valence-electron chi connectivity index (χ2n) is 4.81. The van der Waals surface area contributed by atoms with E-state index < -0.39 is 0 Å². The van der Waals surface area contributed by atoms with Gasteiger partial charge in [-0.05, 0) is 48.4 Å². The summed E-state index contributed by atoms with van der Waals surface area (Å²) in [6.07, 6.45) is 0.725. The van der Waals surface area contributed by atoms with Gasteiger partial charge in [0.1, 0.15) is 5.82 Å². The number of nitrogens with one attached hydrogen (secondary N) is 1. The standard InChI is InChI=1S/C17H17ClFNOS/c1-2-16(22-15-9-5-13(18)6-10-15)17(21)20-11-12-3-7-14(19)8-4-12/h3-10,16H,2,11H2,1H3,(H,20,21). The molecule has 2 aromatic carbocycles. The predicted octanol–water partition coefficient (Wildman–Crippen LogP) is 4.67. The zero-order chi connectivity index (χ0) is 15.9. The van der Waals surface area contributed by atoms with Crippen LogP contribution in [0.3, 0.4) is 0 Å². The van der Waals surface area contributed by atoms with E-state index in [9.17, 15) is 9.18 Å². The molecule has 0 bridgehead atoms. The summed E-state index contributed by atoms with van der Waals surface area (Å²) < 4.78 is 12.8. The second kappa shape index (κ2) is 8.20. The molecule has 0 radical (unpaired) electrons. The fraction of sp³-hybridized carbons (Fsp3) is 0.235. The molecule has 0 fully saturated rings. The normalized spacial score (nSPS) is 12.0. The molecule has 0 aliphatic rings. The number of hydrogen-bond acceptors (Lipinski definition) is 2. The van der Waals surface area contributed by atoms with E-state index in [1.165, 1.54) is 23.9 Å². The number of halogens is 2. The Morgan fingerprint density at radius 1 is 1.18 bits per heavy atom. The molecular formula is C17H17ClFNOS. The Labute approximate surface area is 139 Å². The smallest absolute Gasteiger partial charge is 0.233 e. The van der Waals surface area contributed by atoms with Crippen molar-refractivity contribution in [2.24, 2.45) is 0 Å². The summed E-state index contributed by atoms with van der Waals surface area (Å²) in [4.78, 5) is 13.3. The minimum atomic E-state index is -0.278. The molecule has 1 atom stereocenters. The molecule has 2 rings (SSSR count). The maximum absolute atomic E-state index is 12.8. The van der Waals surface area contributed by atoms with Crippen molar-refractivity contribution in [3.8, 4) is 0 Å². The molecule has 5 heteroatoms. The Morgan fingerprint density at radius 2 is 1.82 bits per heavy atom. The van der Waals surface area contributed by atoms with Crippen LogP contribution in [0.5, 0.6) is 0 Å². The third-order valence-electron chi connectivity index (χ3n) is 3.14. The Balaban J connectivity index is 1.91. The van der Waals surface area contributed by atoms with E-state index in [1.807, 2.05) is 31.2 Å². The van der Waals surface area contributed by atoms with Crippen LogP contribution in [-0.2, 0) is 11.3 Å². The monoisotopic (exact) mass is 337 g/mol. The van der Waals surface area contributed by atoms with Gasteiger partial charge in [0.15, 0.2) is 0 Å². The lowest BCUT2D eigenvalue weighted by Gasteiger charge is -2.15. The first-order valence-electron chi connectivity index (χ1n) is 7.03. The van der Waals surface area contributed by atoms with E-state index in [1.54, 1.807) is 12.1 Å². The first-order valence-corrected chi connectivity index (χ1v) is 8.28. The summed E-state index contributed by atoms with van der Waals surface area (Å²) in [5.41, 5.74) is 0.876. The Hall–Kier alpha value is -1.52. The van der Waals surface area contributed by atoms with Crippen molar-refractivity contribution in [1.29, 1.82) is 0 Å². The van der Waals surface area contributed by atoms with Gasteiger partial charge in [-0.3, -0.25) is 4.79 Å². The number of rotatable bonds is 6. The largest absolute Gasteiger partial charge is 0.351 e. The van der Waals surface area contributed by atoms with Crippen molar-refractivity contribution in [2.45, 2.75) is 30.0 Å². The van der Waals surface area contributed by atoms with Gasteiger partial charge in [-0.25, -0.2) is 4.39 Å². The molecule has 2 aromatic rings. The van der Waals surface area contributed by atoms with Crippen molar-refractivity contribution in [1.82, 2.24) is 5.32 Å². The highest BCUT2D eigenvalue weighted by molar-refractivity contribution is 8.00. The Morgan fingerprint density at radius 3 is 2.41 bits per heavy atom. The van der Waals surface area contributed by atoms with Crippen molar-refractivity contribution in [3.63, 3.8) is 0 Å². The van der Waals surface area contributed by atoms with E-state index in [-0.39, 0.29) is 17.0 Å². The van der Waals surface area contributed by atoms with Gasteiger partial charge in [0, 0.05) is 16.5 Å². The summed E-state index contributed by atoms with van der Waals surface area (Å²) in [7, 11) is 0. The SMILES string of the molecule is CCC(Sc1ccc(Cl)cc1)C(=O)NCc1ccc(F)cc1. The topological polar surface area (TPSA) is 29.1 Å². The highest BCUT2D eigenvalue weighted by Crippen LogP contribution is 2.26. The lowest BCUT2D eigenvalue weighted by atomic mass is 10.2. The summed E-state index contributed by atoms with van der Waals surface area (Å²) in [5, 5.41) is 3.41. The summed E-state index contributed by atoms with van der Waals surface area (Å²) in [5.74, 6) is -0.299. The minimum Gasteiger partial charge on any atom is -0.351 e. The average Bonchev–Trinajstić information content (AvgIpc) is 2.53. The highest BCUT2D eigenvalue weighted by Gasteiger charge is 2.17. The van der Waals surface area contributed by atoms with Gasteiger partial charge in [-0.15, -0.1) is 11.8 Å². The van der Waals surface area contributed by atoms with Crippen LogP contribution in [-0.4, -0.2) is 11.2 Å². The Bertz CT molecular complexity index is 616. The van der Waals surface area contributed by atoms with E-state index in [4.69, 9.17) is 11.6 Å². The van der Waals surface area contributed by atoms with Gasteiger partial charge in [0.25, 0.3) is 0 Å². The van der Waals surface area contributed by atoms with Crippen LogP contribution in [0.15, 0.2) is 53.4 Å². The number of carbonyl (C=O) groups excluding carboxylic acids is 1. The highest BCUT2D eigenvalue weighted by atomic mass is 35.5. The zero-order valence-electron chi connectivity index (χ0n) is 12.2. The van der Waals surface area contributed by atoms with Crippen LogP contribution in [0, 0.1) is 5.82 Å². The number of benzene rings is 2. The average molecular weight is 338 g/mol.